The number of rotatable bonds is 5. The minimum Gasteiger partial charge on any atom is -0.486 e. The van der Waals surface area contributed by atoms with Crippen molar-refractivity contribution in [2.75, 3.05) is 20.3 Å². The summed E-state index contributed by atoms with van der Waals surface area (Å²) in [5.41, 5.74) is 2.45. The molecule has 3 aromatic rings. The number of nitrogens with zero attached hydrogens (tertiary/aromatic N) is 4. The lowest BCUT2D eigenvalue weighted by molar-refractivity contribution is 0.0958. The molecular weight excluding hydrogens is 462 g/mol. The van der Waals surface area contributed by atoms with Crippen LogP contribution in [0.15, 0.2) is 41.6 Å². The number of pyridine rings is 2. The van der Waals surface area contributed by atoms with Gasteiger partial charge in [-0.15, -0.1) is 11.8 Å². The lowest BCUT2D eigenvalue weighted by Gasteiger charge is -2.20. The smallest absolute Gasteiger partial charge is 0.269 e. The van der Waals surface area contributed by atoms with Crippen molar-refractivity contribution >= 4 is 29.3 Å². The molecule has 0 saturated carbocycles. The fourth-order valence-corrected chi connectivity index (χ4v) is 4.50. The Kier molecular flexibility index (Phi) is 6.64. The first kappa shape index (κ1) is 22.4. The minimum absolute atomic E-state index is 0.00432. The molecule has 1 amide bonds. The number of amides is 1. The van der Waals surface area contributed by atoms with E-state index in [1.165, 1.54) is 18.8 Å². The molecule has 10 heteroatoms. The topological polar surface area (TPSA) is 121 Å². The largest absolute Gasteiger partial charge is 0.486 e. The van der Waals surface area contributed by atoms with Gasteiger partial charge in [-0.25, -0.2) is 4.98 Å². The molecule has 2 aromatic heterocycles. The maximum atomic E-state index is 11.9. The van der Waals surface area contributed by atoms with Crippen LogP contribution < -0.4 is 14.8 Å². The maximum absolute atomic E-state index is 11.9. The van der Waals surface area contributed by atoms with Crippen molar-refractivity contribution in [2.45, 2.75) is 10.8 Å². The molecule has 0 bridgehead atoms. The van der Waals surface area contributed by atoms with Crippen LogP contribution in [0.4, 0.5) is 0 Å². The van der Waals surface area contributed by atoms with Crippen LogP contribution >= 0.6 is 23.4 Å². The maximum Gasteiger partial charge on any atom is 0.269 e. The van der Waals surface area contributed by atoms with Gasteiger partial charge in [-0.2, -0.15) is 10.5 Å². The number of hydrogen-bond donors (Lipinski definition) is 1. The third-order valence-corrected chi connectivity index (χ3v) is 6.15. The van der Waals surface area contributed by atoms with E-state index in [1.807, 2.05) is 0 Å². The summed E-state index contributed by atoms with van der Waals surface area (Å²) >= 11 is 7.63. The Balaban J connectivity index is 1.74. The fraction of sp³-hybridized carbons (Fsp3) is 0.174. The summed E-state index contributed by atoms with van der Waals surface area (Å²) in [6.07, 6.45) is 1.55. The summed E-state index contributed by atoms with van der Waals surface area (Å²) in [7, 11) is 1.53. The molecule has 1 aromatic carbocycles. The normalized spacial score (nSPS) is 11.9. The zero-order valence-electron chi connectivity index (χ0n) is 17.4. The highest BCUT2D eigenvalue weighted by molar-refractivity contribution is 7.98. The molecular formula is C23H16ClN5O3S. The Morgan fingerprint density at radius 1 is 1.15 bits per heavy atom. The fourth-order valence-electron chi connectivity index (χ4n) is 3.30. The number of benzene rings is 1. The standard InChI is InChI=1S/C23H16ClN5O3S/c1-27-22(30)17-8-13(4-5-28-17)12-33-23-16(11-26)20(15(10-25)21(24)29-23)14-2-3-18-19(9-14)32-7-6-31-18/h2-5,8-9H,6-7,12H2,1H3,(H,27,30). The highest BCUT2D eigenvalue weighted by Gasteiger charge is 2.23. The number of carbonyl (C=O) groups is 1. The summed E-state index contributed by atoms with van der Waals surface area (Å²) in [6.45, 7) is 0.868. The van der Waals surface area contributed by atoms with E-state index in [4.69, 9.17) is 21.1 Å². The monoisotopic (exact) mass is 477 g/mol. The van der Waals surface area contributed by atoms with Crippen LogP contribution in [0.2, 0.25) is 5.15 Å². The number of carbonyl (C=O) groups excluding carboxylic acids is 1. The molecule has 8 nitrogen and oxygen atoms in total. The van der Waals surface area contributed by atoms with Gasteiger partial charge < -0.3 is 14.8 Å². The molecule has 33 heavy (non-hydrogen) atoms. The summed E-state index contributed by atoms with van der Waals surface area (Å²) in [5, 5.41) is 22.6. The molecule has 164 valence electrons. The molecule has 1 aliphatic heterocycles. The number of thioether (sulfide) groups is 1. The SMILES string of the molecule is CNC(=O)c1cc(CSc2nc(Cl)c(C#N)c(-c3ccc4c(c3)OCCO4)c2C#N)ccn1. The van der Waals surface area contributed by atoms with Crippen molar-refractivity contribution in [1.82, 2.24) is 15.3 Å². The lowest BCUT2D eigenvalue weighted by atomic mass is 9.97. The van der Waals surface area contributed by atoms with Crippen molar-refractivity contribution in [3.8, 4) is 34.8 Å². The van der Waals surface area contributed by atoms with Crippen LogP contribution in [-0.2, 0) is 5.75 Å². The average molecular weight is 478 g/mol. The van der Waals surface area contributed by atoms with E-state index in [9.17, 15) is 15.3 Å². The number of halogens is 1. The Morgan fingerprint density at radius 3 is 2.64 bits per heavy atom. The summed E-state index contributed by atoms with van der Waals surface area (Å²) < 4.78 is 11.2. The highest BCUT2D eigenvalue weighted by atomic mass is 35.5. The van der Waals surface area contributed by atoms with Crippen molar-refractivity contribution in [1.29, 1.82) is 10.5 Å². The van der Waals surface area contributed by atoms with E-state index in [1.54, 1.807) is 36.5 Å². The first-order chi connectivity index (χ1) is 16.0. The van der Waals surface area contributed by atoms with E-state index in [-0.39, 0.29) is 22.2 Å². The number of fused-ring (bicyclic) bond motifs is 1. The molecule has 0 fully saturated rings. The van der Waals surface area contributed by atoms with Crippen LogP contribution in [0.5, 0.6) is 11.5 Å². The van der Waals surface area contributed by atoms with Crippen LogP contribution in [0.25, 0.3) is 11.1 Å². The van der Waals surface area contributed by atoms with E-state index in [2.05, 4.69) is 27.4 Å². The average Bonchev–Trinajstić information content (AvgIpc) is 2.86. The van der Waals surface area contributed by atoms with Crippen LogP contribution in [0.1, 0.15) is 27.2 Å². The molecule has 4 rings (SSSR count). The van der Waals surface area contributed by atoms with Gasteiger partial charge in [-0.3, -0.25) is 9.78 Å². The Labute approximate surface area is 199 Å². The van der Waals surface area contributed by atoms with Crippen LogP contribution in [0.3, 0.4) is 0 Å². The van der Waals surface area contributed by atoms with Gasteiger partial charge in [0.25, 0.3) is 5.91 Å². The van der Waals surface area contributed by atoms with Crippen molar-refractivity contribution in [3.63, 3.8) is 0 Å². The molecule has 0 radical (unpaired) electrons. The minimum atomic E-state index is -0.292. The summed E-state index contributed by atoms with van der Waals surface area (Å²) in [4.78, 5) is 20.2. The Hall–Kier alpha value is -3.79. The van der Waals surface area contributed by atoms with Gasteiger partial charge in [0.2, 0.25) is 0 Å². The highest BCUT2D eigenvalue weighted by Crippen LogP contribution is 2.40. The first-order valence-corrected chi connectivity index (χ1v) is 11.2. The van der Waals surface area contributed by atoms with Crippen molar-refractivity contribution in [2.24, 2.45) is 0 Å². The van der Waals surface area contributed by atoms with Crippen molar-refractivity contribution in [3.05, 3.63) is 64.1 Å². The van der Waals surface area contributed by atoms with Crippen molar-refractivity contribution < 1.29 is 14.3 Å². The second kappa shape index (κ2) is 9.78. The predicted molar refractivity (Wildman–Crippen MR) is 122 cm³/mol. The molecule has 0 saturated heterocycles. The molecule has 1 aliphatic rings. The number of ether oxygens (including phenoxy) is 2. The first-order valence-electron chi connectivity index (χ1n) is 9.79. The molecule has 3 heterocycles. The molecule has 0 atom stereocenters. The summed E-state index contributed by atoms with van der Waals surface area (Å²) in [5.74, 6) is 1.25. The van der Waals surface area contributed by atoms with Gasteiger partial charge in [0.1, 0.15) is 41.2 Å². The number of aromatic nitrogens is 2. The van der Waals surface area contributed by atoms with E-state index >= 15 is 0 Å². The molecule has 0 spiro atoms. The number of hydrogen-bond acceptors (Lipinski definition) is 8. The molecule has 0 unspecified atom stereocenters. The predicted octanol–water partition coefficient (Wildman–Crippen LogP) is 3.96. The van der Waals surface area contributed by atoms with Crippen LogP contribution in [-0.4, -0.2) is 36.1 Å². The van der Waals surface area contributed by atoms with E-state index < -0.39 is 0 Å². The van der Waals surface area contributed by atoms with Gasteiger partial charge >= 0.3 is 0 Å². The number of nitriles is 2. The Bertz CT molecular complexity index is 1330. The van der Waals surface area contributed by atoms with Crippen LogP contribution in [0, 0.1) is 22.7 Å². The van der Waals surface area contributed by atoms with Gasteiger partial charge in [0, 0.05) is 24.6 Å². The molecule has 0 aliphatic carbocycles. The second-order valence-electron chi connectivity index (χ2n) is 6.83. The quantitative estimate of drug-likeness (QED) is 0.433. The van der Waals surface area contributed by atoms with Gasteiger partial charge in [0.05, 0.1) is 11.1 Å². The third kappa shape index (κ3) is 4.56. The third-order valence-electron chi connectivity index (χ3n) is 4.83. The van der Waals surface area contributed by atoms with Gasteiger partial charge in [-0.05, 0) is 35.4 Å². The zero-order chi connectivity index (χ0) is 23.4. The molecule has 1 N–H and O–H groups in total. The van der Waals surface area contributed by atoms with Gasteiger partial charge in [-0.1, -0.05) is 17.7 Å². The summed E-state index contributed by atoms with van der Waals surface area (Å²) in [6, 6.07) is 12.9. The number of nitrogens with one attached hydrogen (secondary N) is 1. The van der Waals surface area contributed by atoms with E-state index in [0.29, 0.717) is 52.3 Å². The lowest BCUT2D eigenvalue weighted by Crippen LogP contribution is -2.19. The van der Waals surface area contributed by atoms with Gasteiger partial charge in [0.15, 0.2) is 11.5 Å². The Morgan fingerprint density at radius 2 is 1.91 bits per heavy atom. The second-order valence-corrected chi connectivity index (χ2v) is 8.15. The van der Waals surface area contributed by atoms with E-state index in [0.717, 1.165) is 5.56 Å². The zero-order valence-corrected chi connectivity index (χ0v) is 19.0.